The third-order valence-corrected chi connectivity index (χ3v) is 3.11. The summed E-state index contributed by atoms with van der Waals surface area (Å²) < 4.78 is 21.1. The second kappa shape index (κ2) is 5.01. The summed E-state index contributed by atoms with van der Waals surface area (Å²) >= 11 is 0. The molecule has 0 saturated heterocycles. The Morgan fingerprint density at radius 3 is 3.00 bits per heavy atom. The minimum atomic E-state index is -0.348. The normalized spacial score (nSPS) is 14.6. The lowest BCUT2D eigenvalue weighted by atomic mass is 10.2. The van der Waals surface area contributed by atoms with Gasteiger partial charge in [-0.25, -0.2) is 4.39 Å². The Balaban J connectivity index is 1.80. The molecule has 1 aliphatic rings. The van der Waals surface area contributed by atoms with Gasteiger partial charge in [-0.3, -0.25) is 4.68 Å². The molecular weight excluding hydrogens is 245 g/mol. The van der Waals surface area contributed by atoms with Gasteiger partial charge in [-0.15, -0.1) is 0 Å². The van der Waals surface area contributed by atoms with E-state index in [0.717, 1.165) is 5.56 Å². The largest absolute Gasteiger partial charge is 0.451 e. The number of nitrogens with one attached hydrogen (secondary N) is 1. The topological polar surface area (TPSA) is 39.1 Å². The van der Waals surface area contributed by atoms with Crippen molar-refractivity contribution in [3.8, 4) is 11.5 Å². The first-order valence-electron chi connectivity index (χ1n) is 6.39. The minimum Gasteiger partial charge on any atom is -0.451 e. The van der Waals surface area contributed by atoms with Crippen LogP contribution in [-0.2, 0) is 13.6 Å². The first-order valence-corrected chi connectivity index (χ1v) is 6.39. The monoisotopic (exact) mass is 261 g/mol. The van der Waals surface area contributed by atoms with E-state index < -0.39 is 0 Å². The van der Waals surface area contributed by atoms with Crippen LogP contribution < -0.4 is 10.1 Å². The van der Waals surface area contributed by atoms with Crippen LogP contribution in [-0.4, -0.2) is 15.8 Å². The van der Waals surface area contributed by atoms with E-state index in [2.05, 4.69) is 10.4 Å². The summed E-state index contributed by atoms with van der Waals surface area (Å²) in [6, 6.07) is 5.57. The Kier molecular flexibility index (Phi) is 3.21. The lowest BCUT2D eigenvalue weighted by Crippen LogP contribution is -2.16. The molecule has 1 fully saturated rings. The highest BCUT2D eigenvalue weighted by atomic mass is 19.1. The third kappa shape index (κ3) is 2.93. The number of aromatic nitrogens is 2. The van der Waals surface area contributed by atoms with Crippen LogP contribution in [0.25, 0.3) is 0 Å². The van der Waals surface area contributed by atoms with Gasteiger partial charge in [0.15, 0.2) is 17.3 Å². The van der Waals surface area contributed by atoms with E-state index in [9.17, 15) is 4.39 Å². The smallest absolute Gasteiger partial charge is 0.167 e. The van der Waals surface area contributed by atoms with E-state index in [1.54, 1.807) is 30.2 Å². The van der Waals surface area contributed by atoms with E-state index in [-0.39, 0.29) is 11.6 Å². The van der Waals surface area contributed by atoms with Crippen LogP contribution in [0.15, 0.2) is 30.6 Å². The molecule has 100 valence electrons. The highest BCUT2D eigenvalue weighted by Crippen LogP contribution is 2.29. The summed E-state index contributed by atoms with van der Waals surface area (Å²) in [5.74, 6) is 0.475. The summed E-state index contributed by atoms with van der Waals surface area (Å²) in [6.07, 6.45) is 5.69. The number of nitrogens with zero attached hydrogens (tertiary/aromatic N) is 2. The van der Waals surface area contributed by atoms with Crippen molar-refractivity contribution in [3.63, 3.8) is 0 Å². The van der Waals surface area contributed by atoms with Crippen molar-refractivity contribution in [1.82, 2.24) is 15.1 Å². The number of hydrogen-bond donors (Lipinski definition) is 1. The molecule has 0 bridgehead atoms. The van der Waals surface area contributed by atoms with Gasteiger partial charge in [0.05, 0.1) is 12.4 Å². The van der Waals surface area contributed by atoms with Crippen molar-refractivity contribution >= 4 is 0 Å². The van der Waals surface area contributed by atoms with Crippen molar-refractivity contribution in [3.05, 3.63) is 42.0 Å². The quantitative estimate of drug-likeness (QED) is 0.899. The Labute approximate surface area is 111 Å². The Hall–Kier alpha value is -1.88. The number of para-hydroxylation sites is 1. The SMILES string of the molecule is Cn1cc(Oc2c(F)cccc2CNC2CC2)cn1. The molecule has 0 radical (unpaired) electrons. The molecule has 3 rings (SSSR count). The molecule has 19 heavy (non-hydrogen) atoms. The maximum Gasteiger partial charge on any atom is 0.167 e. The molecule has 1 aliphatic carbocycles. The van der Waals surface area contributed by atoms with E-state index in [1.807, 2.05) is 6.07 Å². The van der Waals surface area contributed by atoms with Crippen molar-refractivity contribution in [2.24, 2.45) is 7.05 Å². The fraction of sp³-hybridized carbons (Fsp3) is 0.357. The first kappa shape index (κ1) is 12.2. The molecule has 0 spiro atoms. The standard InChI is InChI=1S/C14H16FN3O/c1-18-9-12(8-17-18)19-14-10(3-2-4-13(14)15)7-16-11-5-6-11/h2-4,8-9,11,16H,5-7H2,1H3. The highest BCUT2D eigenvalue weighted by Gasteiger charge is 2.21. The average molecular weight is 261 g/mol. The molecule has 0 aliphatic heterocycles. The van der Waals surface area contributed by atoms with E-state index >= 15 is 0 Å². The zero-order valence-corrected chi connectivity index (χ0v) is 10.8. The van der Waals surface area contributed by atoms with E-state index in [1.165, 1.54) is 18.9 Å². The van der Waals surface area contributed by atoms with Crippen LogP contribution in [0.5, 0.6) is 11.5 Å². The van der Waals surface area contributed by atoms with Gasteiger partial charge in [0.2, 0.25) is 0 Å². The first-order chi connectivity index (χ1) is 9.22. The molecule has 1 heterocycles. The number of aryl methyl sites for hydroxylation is 1. The molecular formula is C14H16FN3O. The van der Waals surface area contributed by atoms with Crippen molar-refractivity contribution < 1.29 is 9.13 Å². The average Bonchev–Trinajstić information content (AvgIpc) is 3.13. The van der Waals surface area contributed by atoms with Crippen LogP contribution in [0.4, 0.5) is 4.39 Å². The molecule has 0 amide bonds. The zero-order chi connectivity index (χ0) is 13.2. The predicted octanol–water partition coefficient (Wildman–Crippen LogP) is 2.60. The van der Waals surface area contributed by atoms with Gasteiger partial charge in [-0.05, 0) is 18.9 Å². The van der Waals surface area contributed by atoms with Crippen LogP contribution >= 0.6 is 0 Å². The van der Waals surface area contributed by atoms with E-state index in [4.69, 9.17) is 4.74 Å². The molecule has 2 aromatic rings. The number of hydrogen-bond acceptors (Lipinski definition) is 3. The van der Waals surface area contributed by atoms with Crippen molar-refractivity contribution in [2.75, 3.05) is 0 Å². The Bertz CT molecular complexity index is 578. The van der Waals surface area contributed by atoms with Gasteiger partial charge in [0, 0.05) is 25.2 Å². The molecule has 1 saturated carbocycles. The van der Waals surface area contributed by atoms with Gasteiger partial charge in [0.1, 0.15) is 0 Å². The predicted molar refractivity (Wildman–Crippen MR) is 69.5 cm³/mol. The number of rotatable bonds is 5. The molecule has 0 unspecified atom stereocenters. The maximum atomic E-state index is 13.9. The fourth-order valence-electron chi connectivity index (χ4n) is 1.92. The number of benzene rings is 1. The molecule has 5 heteroatoms. The van der Waals surface area contributed by atoms with Crippen LogP contribution in [0, 0.1) is 5.82 Å². The van der Waals surface area contributed by atoms with Gasteiger partial charge in [0.25, 0.3) is 0 Å². The zero-order valence-electron chi connectivity index (χ0n) is 10.8. The van der Waals surface area contributed by atoms with E-state index in [0.29, 0.717) is 18.3 Å². The summed E-state index contributed by atoms with van der Waals surface area (Å²) in [5.41, 5.74) is 0.829. The van der Waals surface area contributed by atoms with Crippen molar-refractivity contribution in [2.45, 2.75) is 25.4 Å². The molecule has 1 aromatic heterocycles. The Morgan fingerprint density at radius 2 is 2.32 bits per heavy atom. The second-order valence-electron chi connectivity index (χ2n) is 4.84. The lowest BCUT2D eigenvalue weighted by Gasteiger charge is -2.11. The molecule has 1 aromatic carbocycles. The van der Waals surface area contributed by atoms with Crippen LogP contribution in [0.1, 0.15) is 18.4 Å². The number of halogens is 1. The number of ether oxygens (including phenoxy) is 1. The van der Waals surface area contributed by atoms with Gasteiger partial charge >= 0.3 is 0 Å². The summed E-state index contributed by atoms with van der Waals surface area (Å²) in [6.45, 7) is 0.623. The molecule has 0 atom stereocenters. The molecule has 1 N–H and O–H groups in total. The van der Waals surface area contributed by atoms with Gasteiger partial charge in [-0.1, -0.05) is 12.1 Å². The third-order valence-electron chi connectivity index (χ3n) is 3.11. The molecule has 4 nitrogen and oxygen atoms in total. The van der Waals surface area contributed by atoms with Crippen LogP contribution in [0.3, 0.4) is 0 Å². The summed E-state index contributed by atoms with van der Waals surface area (Å²) in [7, 11) is 1.80. The van der Waals surface area contributed by atoms with Gasteiger partial charge < -0.3 is 10.1 Å². The summed E-state index contributed by atoms with van der Waals surface area (Å²) in [5, 5.41) is 7.37. The fourth-order valence-corrected chi connectivity index (χ4v) is 1.92. The highest BCUT2D eigenvalue weighted by molar-refractivity contribution is 5.38. The Morgan fingerprint density at radius 1 is 1.47 bits per heavy atom. The second-order valence-corrected chi connectivity index (χ2v) is 4.84. The summed E-state index contributed by atoms with van der Waals surface area (Å²) in [4.78, 5) is 0. The van der Waals surface area contributed by atoms with Crippen molar-refractivity contribution in [1.29, 1.82) is 0 Å². The lowest BCUT2D eigenvalue weighted by molar-refractivity contribution is 0.433. The van der Waals surface area contributed by atoms with Crippen LogP contribution in [0.2, 0.25) is 0 Å². The minimum absolute atomic E-state index is 0.281. The maximum absolute atomic E-state index is 13.9. The van der Waals surface area contributed by atoms with Gasteiger partial charge in [-0.2, -0.15) is 5.10 Å².